The van der Waals surface area contributed by atoms with Crippen molar-refractivity contribution < 1.29 is 9.53 Å². The van der Waals surface area contributed by atoms with Gasteiger partial charge in [0.1, 0.15) is 0 Å². The molecule has 0 saturated heterocycles. The zero-order valence-corrected chi connectivity index (χ0v) is 12.2. The highest BCUT2D eigenvalue weighted by Crippen LogP contribution is 2.51. The van der Waals surface area contributed by atoms with Gasteiger partial charge in [-0.1, -0.05) is 19.3 Å². The minimum atomic E-state index is 0.126. The highest BCUT2D eigenvalue weighted by atomic mass is 16.5. The lowest BCUT2D eigenvalue weighted by Crippen LogP contribution is -2.54. The molecule has 110 valence electrons. The summed E-state index contributed by atoms with van der Waals surface area (Å²) >= 11 is 0. The first-order valence-electron chi connectivity index (χ1n) is 7.76. The number of hydrogen-bond acceptors (Lipinski definition) is 3. The van der Waals surface area contributed by atoms with Gasteiger partial charge in [0.05, 0.1) is 6.61 Å². The van der Waals surface area contributed by atoms with E-state index in [0.717, 1.165) is 6.54 Å². The van der Waals surface area contributed by atoms with Gasteiger partial charge >= 0.3 is 0 Å². The van der Waals surface area contributed by atoms with E-state index in [-0.39, 0.29) is 5.91 Å². The van der Waals surface area contributed by atoms with E-state index in [1.54, 1.807) is 7.11 Å². The van der Waals surface area contributed by atoms with Crippen molar-refractivity contribution in [1.29, 1.82) is 0 Å². The van der Waals surface area contributed by atoms with Gasteiger partial charge in [-0.15, -0.1) is 0 Å². The number of carbonyl (C=O) groups excluding carboxylic acids is 1. The third kappa shape index (κ3) is 3.93. The van der Waals surface area contributed by atoms with Gasteiger partial charge < -0.3 is 15.4 Å². The van der Waals surface area contributed by atoms with Crippen molar-refractivity contribution in [2.45, 2.75) is 57.4 Å². The number of nitrogens with one attached hydrogen (secondary N) is 2. The SMILES string of the molecule is COCCNC(=O)CCNC1CCC12CCCCC2. The molecule has 2 fully saturated rings. The van der Waals surface area contributed by atoms with E-state index >= 15 is 0 Å². The molecule has 4 heteroatoms. The van der Waals surface area contributed by atoms with Crippen LogP contribution in [0.25, 0.3) is 0 Å². The molecule has 0 bridgehead atoms. The van der Waals surface area contributed by atoms with Crippen LogP contribution in [-0.4, -0.2) is 38.8 Å². The molecule has 2 N–H and O–H groups in total. The number of carbonyl (C=O) groups is 1. The average molecular weight is 268 g/mol. The van der Waals surface area contributed by atoms with Crippen LogP contribution in [-0.2, 0) is 9.53 Å². The summed E-state index contributed by atoms with van der Waals surface area (Å²) in [5.74, 6) is 0.126. The minimum Gasteiger partial charge on any atom is -0.383 e. The quantitative estimate of drug-likeness (QED) is 0.693. The predicted octanol–water partition coefficient (Wildman–Crippen LogP) is 1.84. The summed E-state index contributed by atoms with van der Waals surface area (Å²) in [6, 6.07) is 0.666. The Kier molecular flexibility index (Phi) is 5.64. The molecule has 1 amide bonds. The maximum Gasteiger partial charge on any atom is 0.221 e. The number of ether oxygens (including phenoxy) is 1. The van der Waals surface area contributed by atoms with Gasteiger partial charge in [-0.3, -0.25) is 4.79 Å². The highest BCUT2D eigenvalue weighted by molar-refractivity contribution is 5.76. The molecule has 4 nitrogen and oxygen atoms in total. The summed E-state index contributed by atoms with van der Waals surface area (Å²) in [5.41, 5.74) is 0.588. The Labute approximate surface area is 116 Å². The maximum atomic E-state index is 11.6. The fourth-order valence-corrected chi connectivity index (χ4v) is 3.61. The summed E-state index contributed by atoms with van der Waals surface area (Å²) in [7, 11) is 1.65. The molecule has 2 aliphatic carbocycles. The van der Waals surface area contributed by atoms with Crippen LogP contribution in [0.5, 0.6) is 0 Å². The Hall–Kier alpha value is -0.610. The summed E-state index contributed by atoms with van der Waals surface area (Å²) in [4.78, 5) is 11.6. The molecular formula is C15H28N2O2. The monoisotopic (exact) mass is 268 g/mol. The largest absolute Gasteiger partial charge is 0.383 e. The van der Waals surface area contributed by atoms with E-state index in [2.05, 4.69) is 10.6 Å². The summed E-state index contributed by atoms with van der Waals surface area (Å²) in [5, 5.41) is 6.47. The molecule has 0 aliphatic heterocycles. The van der Waals surface area contributed by atoms with Crippen LogP contribution in [0.4, 0.5) is 0 Å². The van der Waals surface area contributed by atoms with E-state index in [9.17, 15) is 4.79 Å². The molecule has 0 radical (unpaired) electrons. The standard InChI is InChI=1S/C15H28N2O2/c1-19-12-11-17-14(18)6-10-16-13-5-9-15(13)7-3-2-4-8-15/h13,16H,2-12H2,1H3,(H,17,18). The number of rotatable bonds is 7. The molecule has 0 heterocycles. The van der Waals surface area contributed by atoms with E-state index < -0.39 is 0 Å². The lowest BCUT2D eigenvalue weighted by atomic mass is 9.57. The van der Waals surface area contributed by atoms with Crippen LogP contribution in [0.3, 0.4) is 0 Å². The molecule has 0 aromatic rings. The molecular weight excluding hydrogens is 240 g/mol. The first-order valence-corrected chi connectivity index (χ1v) is 7.76. The van der Waals surface area contributed by atoms with Gasteiger partial charge in [0, 0.05) is 32.7 Å². The molecule has 0 aromatic heterocycles. The van der Waals surface area contributed by atoms with Crippen molar-refractivity contribution in [2.24, 2.45) is 5.41 Å². The predicted molar refractivity (Wildman–Crippen MR) is 76.0 cm³/mol. The van der Waals surface area contributed by atoms with Gasteiger partial charge in [-0.2, -0.15) is 0 Å². The van der Waals surface area contributed by atoms with Crippen molar-refractivity contribution in [3.8, 4) is 0 Å². The summed E-state index contributed by atoms with van der Waals surface area (Å²) in [6.45, 7) is 2.01. The van der Waals surface area contributed by atoms with Gasteiger partial charge in [0.15, 0.2) is 0 Å². The Bertz CT molecular complexity index is 288. The van der Waals surface area contributed by atoms with E-state index in [0.29, 0.717) is 31.0 Å². The summed E-state index contributed by atoms with van der Waals surface area (Å²) in [6.07, 6.45) is 10.3. The third-order valence-electron chi connectivity index (χ3n) is 4.89. The molecule has 2 rings (SSSR count). The zero-order chi connectivity index (χ0) is 13.6. The van der Waals surface area contributed by atoms with E-state index in [1.807, 2.05) is 0 Å². The van der Waals surface area contributed by atoms with Gasteiger partial charge in [-0.25, -0.2) is 0 Å². The highest BCUT2D eigenvalue weighted by Gasteiger charge is 2.46. The van der Waals surface area contributed by atoms with Gasteiger partial charge in [0.25, 0.3) is 0 Å². The molecule has 2 saturated carbocycles. The average Bonchev–Trinajstić information content (AvgIpc) is 2.43. The Balaban J connectivity index is 1.59. The second-order valence-electron chi connectivity index (χ2n) is 6.06. The van der Waals surface area contributed by atoms with Crippen LogP contribution < -0.4 is 10.6 Å². The smallest absolute Gasteiger partial charge is 0.221 e. The zero-order valence-electron chi connectivity index (χ0n) is 12.2. The fourth-order valence-electron chi connectivity index (χ4n) is 3.61. The Morgan fingerprint density at radius 2 is 2.00 bits per heavy atom. The molecule has 1 atom stereocenters. The van der Waals surface area contributed by atoms with Crippen molar-refractivity contribution in [1.82, 2.24) is 10.6 Å². The van der Waals surface area contributed by atoms with Crippen LogP contribution in [0.2, 0.25) is 0 Å². The number of amides is 1. The normalized spacial score (nSPS) is 25.0. The van der Waals surface area contributed by atoms with E-state index in [4.69, 9.17) is 4.74 Å². The van der Waals surface area contributed by atoms with Crippen molar-refractivity contribution in [3.63, 3.8) is 0 Å². The first kappa shape index (κ1) is 14.8. The molecule has 19 heavy (non-hydrogen) atoms. The van der Waals surface area contributed by atoms with Crippen LogP contribution in [0, 0.1) is 5.41 Å². The second-order valence-corrected chi connectivity index (χ2v) is 6.06. The molecule has 1 spiro atoms. The Morgan fingerprint density at radius 1 is 1.21 bits per heavy atom. The first-order chi connectivity index (χ1) is 9.27. The van der Waals surface area contributed by atoms with Crippen molar-refractivity contribution >= 4 is 5.91 Å². The number of hydrogen-bond donors (Lipinski definition) is 2. The van der Waals surface area contributed by atoms with Crippen molar-refractivity contribution in [2.75, 3.05) is 26.8 Å². The molecule has 1 unspecified atom stereocenters. The van der Waals surface area contributed by atoms with Gasteiger partial charge in [0.2, 0.25) is 5.91 Å². The van der Waals surface area contributed by atoms with Gasteiger partial charge in [-0.05, 0) is 31.1 Å². The fraction of sp³-hybridized carbons (Fsp3) is 0.933. The van der Waals surface area contributed by atoms with Crippen LogP contribution >= 0.6 is 0 Å². The van der Waals surface area contributed by atoms with E-state index in [1.165, 1.54) is 44.9 Å². The number of methoxy groups -OCH3 is 1. The van der Waals surface area contributed by atoms with Crippen molar-refractivity contribution in [3.05, 3.63) is 0 Å². The van der Waals surface area contributed by atoms with Crippen LogP contribution in [0.1, 0.15) is 51.4 Å². The minimum absolute atomic E-state index is 0.126. The Morgan fingerprint density at radius 3 is 2.63 bits per heavy atom. The maximum absolute atomic E-state index is 11.6. The topological polar surface area (TPSA) is 50.4 Å². The lowest BCUT2D eigenvalue weighted by molar-refractivity contribution is -0.121. The molecule has 2 aliphatic rings. The third-order valence-corrected chi connectivity index (χ3v) is 4.89. The molecule has 0 aromatic carbocycles. The summed E-state index contributed by atoms with van der Waals surface area (Å²) < 4.78 is 4.91. The second kappa shape index (κ2) is 7.25. The van der Waals surface area contributed by atoms with Crippen LogP contribution in [0.15, 0.2) is 0 Å². The lowest BCUT2D eigenvalue weighted by Gasteiger charge is -2.52.